The third-order valence-corrected chi connectivity index (χ3v) is 3.64. The number of nitrogens with zero attached hydrogens (tertiary/aromatic N) is 1. The molecule has 3 N–H and O–H groups in total. The number of guanidine groups is 1. The van der Waals surface area contributed by atoms with E-state index < -0.39 is 6.36 Å². The average molecular weight is 443 g/mol. The summed E-state index contributed by atoms with van der Waals surface area (Å²) in [6.45, 7) is 1.12. The summed E-state index contributed by atoms with van der Waals surface area (Å²) in [6.07, 6.45) is -0.680. The zero-order valence-electron chi connectivity index (χ0n) is 12.6. The Morgan fingerprint density at radius 2 is 2.00 bits per heavy atom. The molecule has 0 spiro atoms. The zero-order chi connectivity index (χ0) is 16.0. The maximum absolute atomic E-state index is 12.3. The monoisotopic (exact) mass is 443 g/mol. The summed E-state index contributed by atoms with van der Waals surface area (Å²) in [5.41, 5.74) is 6.20. The summed E-state index contributed by atoms with van der Waals surface area (Å²) in [6, 6.07) is 6.08. The van der Waals surface area contributed by atoms with Crippen molar-refractivity contribution in [2.75, 3.05) is 13.1 Å². The first kappa shape index (κ1) is 19.9. The molecule has 1 aliphatic rings. The van der Waals surface area contributed by atoms with Gasteiger partial charge in [0.1, 0.15) is 5.75 Å². The Kier molecular flexibility index (Phi) is 7.93. The highest BCUT2D eigenvalue weighted by Crippen LogP contribution is 2.27. The van der Waals surface area contributed by atoms with Gasteiger partial charge in [-0.2, -0.15) is 0 Å². The average Bonchev–Trinajstić information content (AvgIpc) is 2.37. The van der Waals surface area contributed by atoms with Gasteiger partial charge in [0.25, 0.3) is 0 Å². The number of ether oxygens (including phenoxy) is 1. The largest absolute Gasteiger partial charge is 0.573 e. The molecule has 23 heavy (non-hydrogen) atoms. The molecule has 0 aliphatic heterocycles. The number of nitrogens with one attached hydrogen (secondary N) is 1. The van der Waals surface area contributed by atoms with Crippen LogP contribution in [0, 0.1) is 5.92 Å². The summed E-state index contributed by atoms with van der Waals surface area (Å²) < 4.78 is 40.9. The number of para-hydroxylation sites is 1. The van der Waals surface area contributed by atoms with Gasteiger partial charge >= 0.3 is 6.36 Å². The van der Waals surface area contributed by atoms with E-state index >= 15 is 0 Å². The Hall–Kier alpha value is -1.19. The van der Waals surface area contributed by atoms with E-state index in [9.17, 15) is 13.2 Å². The molecular formula is C15H21F3IN3O. The third-order valence-electron chi connectivity index (χ3n) is 3.64. The van der Waals surface area contributed by atoms with Crippen molar-refractivity contribution in [1.29, 1.82) is 0 Å². The lowest BCUT2D eigenvalue weighted by atomic mass is 9.86. The van der Waals surface area contributed by atoms with Crippen LogP contribution < -0.4 is 15.8 Å². The molecule has 0 radical (unpaired) electrons. The molecule has 1 fully saturated rings. The number of rotatable bonds is 6. The number of halogens is 4. The molecule has 1 aromatic carbocycles. The number of nitrogens with two attached hydrogens (primary N) is 1. The minimum absolute atomic E-state index is 0. The second-order valence-electron chi connectivity index (χ2n) is 5.36. The Bertz CT molecular complexity index is 519. The topological polar surface area (TPSA) is 59.6 Å². The van der Waals surface area contributed by atoms with Gasteiger partial charge in [0.15, 0.2) is 5.96 Å². The summed E-state index contributed by atoms with van der Waals surface area (Å²) >= 11 is 0. The van der Waals surface area contributed by atoms with Crippen molar-refractivity contribution >= 4 is 29.9 Å². The fourth-order valence-electron chi connectivity index (χ4n) is 2.22. The van der Waals surface area contributed by atoms with Crippen LogP contribution in [0.5, 0.6) is 5.75 Å². The highest BCUT2D eigenvalue weighted by atomic mass is 127. The summed E-state index contributed by atoms with van der Waals surface area (Å²) in [5.74, 6) is 0.782. The minimum Gasteiger partial charge on any atom is -0.406 e. The van der Waals surface area contributed by atoms with Crippen LogP contribution in [-0.4, -0.2) is 25.4 Å². The molecule has 1 aromatic rings. The second kappa shape index (κ2) is 9.19. The van der Waals surface area contributed by atoms with Crippen molar-refractivity contribution in [3.8, 4) is 5.75 Å². The molecule has 0 aromatic heterocycles. The molecule has 0 unspecified atom stereocenters. The Labute approximate surface area is 150 Å². The first-order valence-electron chi connectivity index (χ1n) is 7.31. The fourth-order valence-corrected chi connectivity index (χ4v) is 2.22. The van der Waals surface area contributed by atoms with Gasteiger partial charge in [-0.1, -0.05) is 24.6 Å². The number of alkyl halides is 3. The number of aliphatic imine (C=N–C) groups is 1. The lowest BCUT2D eigenvalue weighted by molar-refractivity contribution is -0.274. The van der Waals surface area contributed by atoms with E-state index in [1.54, 1.807) is 12.1 Å². The van der Waals surface area contributed by atoms with Crippen LogP contribution in [0.1, 0.15) is 24.8 Å². The normalized spacial score (nSPS) is 15.5. The third kappa shape index (κ3) is 7.28. The van der Waals surface area contributed by atoms with Crippen LogP contribution in [0.3, 0.4) is 0 Å². The van der Waals surface area contributed by atoms with E-state index in [2.05, 4.69) is 15.0 Å². The molecule has 1 aliphatic carbocycles. The fraction of sp³-hybridized carbons (Fsp3) is 0.533. The van der Waals surface area contributed by atoms with Crippen molar-refractivity contribution in [1.82, 2.24) is 5.32 Å². The smallest absolute Gasteiger partial charge is 0.406 e. The van der Waals surface area contributed by atoms with Crippen LogP contribution in [0.2, 0.25) is 0 Å². The number of hydrogen-bond donors (Lipinski definition) is 2. The molecule has 130 valence electrons. The molecule has 0 atom stereocenters. The van der Waals surface area contributed by atoms with Gasteiger partial charge in [0.2, 0.25) is 0 Å². The van der Waals surface area contributed by atoms with E-state index in [-0.39, 0.29) is 29.7 Å². The van der Waals surface area contributed by atoms with E-state index in [0.29, 0.717) is 37.0 Å². The van der Waals surface area contributed by atoms with Gasteiger partial charge in [-0.3, -0.25) is 4.99 Å². The quantitative estimate of drug-likeness (QED) is 0.403. The second-order valence-corrected chi connectivity index (χ2v) is 5.36. The van der Waals surface area contributed by atoms with Gasteiger partial charge in [0.05, 0.1) is 0 Å². The minimum atomic E-state index is -4.69. The van der Waals surface area contributed by atoms with Crippen molar-refractivity contribution in [2.45, 2.75) is 32.0 Å². The molecule has 0 heterocycles. The van der Waals surface area contributed by atoms with Gasteiger partial charge < -0.3 is 15.8 Å². The van der Waals surface area contributed by atoms with Crippen LogP contribution in [-0.2, 0) is 6.42 Å². The van der Waals surface area contributed by atoms with Crippen molar-refractivity contribution in [3.05, 3.63) is 29.8 Å². The van der Waals surface area contributed by atoms with Crippen molar-refractivity contribution in [2.24, 2.45) is 16.6 Å². The van der Waals surface area contributed by atoms with Gasteiger partial charge in [-0.15, -0.1) is 37.1 Å². The van der Waals surface area contributed by atoms with Crippen molar-refractivity contribution < 1.29 is 17.9 Å². The molecule has 0 bridgehead atoms. The Balaban J connectivity index is 0.00000264. The van der Waals surface area contributed by atoms with Crippen LogP contribution in [0.4, 0.5) is 13.2 Å². The van der Waals surface area contributed by atoms with Crippen molar-refractivity contribution in [3.63, 3.8) is 0 Å². The molecular weight excluding hydrogens is 422 g/mol. The molecule has 2 rings (SSSR count). The zero-order valence-corrected chi connectivity index (χ0v) is 14.9. The van der Waals surface area contributed by atoms with Gasteiger partial charge in [0, 0.05) is 13.1 Å². The van der Waals surface area contributed by atoms with Crippen LogP contribution in [0.25, 0.3) is 0 Å². The molecule has 4 nitrogen and oxygen atoms in total. The summed E-state index contributed by atoms with van der Waals surface area (Å²) in [4.78, 5) is 4.23. The number of hydrogen-bond acceptors (Lipinski definition) is 2. The van der Waals surface area contributed by atoms with Crippen LogP contribution in [0.15, 0.2) is 29.3 Å². The van der Waals surface area contributed by atoms with Gasteiger partial charge in [-0.05, 0) is 36.8 Å². The number of benzene rings is 1. The highest BCUT2D eigenvalue weighted by Gasteiger charge is 2.31. The van der Waals surface area contributed by atoms with Gasteiger partial charge in [-0.25, -0.2) is 0 Å². The summed E-state index contributed by atoms with van der Waals surface area (Å²) in [5, 5.41) is 2.92. The maximum atomic E-state index is 12.3. The highest BCUT2D eigenvalue weighted by molar-refractivity contribution is 14.0. The molecule has 1 saturated carbocycles. The maximum Gasteiger partial charge on any atom is 0.573 e. The molecule has 8 heteroatoms. The predicted octanol–water partition coefficient (Wildman–Crippen LogP) is 3.45. The lowest BCUT2D eigenvalue weighted by Gasteiger charge is -2.23. The lowest BCUT2D eigenvalue weighted by Crippen LogP contribution is -2.34. The van der Waals surface area contributed by atoms with E-state index in [1.165, 1.54) is 31.4 Å². The molecule has 0 saturated heterocycles. The van der Waals surface area contributed by atoms with E-state index in [4.69, 9.17) is 5.73 Å². The Morgan fingerprint density at radius 1 is 1.30 bits per heavy atom. The van der Waals surface area contributed by atoms with Crippen LogP contribution >= 0.6 is 24.0 Å². The SMILES string of the molecule is I.NC(=NCC1CCC1)NCCc1ccccc1OC(F)(F)F. The predicted molar refractivity (Wildman–Crippen MR) is 94.1 cm³/mol. The standard InChI is InChI=1S/C15H20F3N3O.HI/c16-15(17,18)22-13-7-2-1-6-12(13)8-9-20-14(19)21-10-11-4-3-5-11;/h1-2,6-7,11H,3-5,8-10H2,(H3,19,20,21);1H. The first-order valence-corrected chi connectivity index (χ1v) is 7.31. The molecule has 0 amide bonds. The van der Waals surface area contributed by atoms with E-state index in [1.807, 2.05) is 0 Å². The van der Waals surface area contributed by atoms with E-state index in [0.717, 1.165) is 0 Å². The first-order chi connectivity index (χ1) is 10.4. The Morgan fingerprint density at radius 3 is 2.61 bits per heavy atom. The summed E-state index contributed by atoms with van der Waals surface area (Å²) in [7, 11) is 0.